The van der Waals surface area contributed by atoms with Gasteiger partial charge < -0.3 is 0 Å². The van der Waals surface area contributed by atoms with Crippen molar-refractivity contribution in [3.8, 4) is 0 Å². The molecule has 0 aliphatic rings. The summed E-state index contributed by atoms with van der Waals surface area (Å²) >= 11 is 0. The zero-order chi connectivity index (χ0) is 12.9. The third-order valence-electron chi connectivity index (χ3n) is 2.90. The predicted octanol–water partition coefficient (Wildman–Crippen LogP) is 4.57. The first-order valence-corrected chi connectivity index (χ1v) is 7.16. The maximum absolute atomic E-state index is 10.8. The number of carbonyl (C=O) groups excluding carboxylic acids is 1. The molecule has 0 heterocycles. The van der Waals surface area contributed by atoms with Crippen LogP contribution >= 0.6 is 0 Å². The number of hydrogen-bond donors (Lipinski definition) is 0. The van der Waals surface area contributed by atoms with Crippen LogP contribution in [0.1, 0.15) is 78.6 Å². The minimum Gasteiger partial charge on any atom is -0.300 e. The predicted molar refractivity (Wildman–Crippen MR) is 75.9 cm³/mol. The molecule has 0 aromatic heterocycles. The van der Waals surface area contributed by atoms with E-state index in [4.69, 9.17) is 0 Å². The van der Waals surface area contributed by atoms with Crippen LogP contribution in [-0.4, -0.2) is 18.0 Å². The van der Waals surface area contributed by atoms with Crippen molar-refractivity contribution in [3.05, 3.63) is 0 Å². The topological polar surface area (TPSA) is 29.4 Å². The minimum absolute atomic E-state index is 0.210. The Morgan fingerprint density at radius 2 is 1.41 bits per heavy atom. The molecule has 100 valence electrons. The molecule has 0 aliphatic carbocycles. The number of rotatable bonds is 11. The average molecular weight is 239 g/mol. The van der Waals surface area contributed by atoms with Gasteiger partial charge >= 0.3 is 0 Å². The molecule has 0 radical (unpaired) electrons. The van der Waals surface area contributed by atoms with Crippen molar-refractivity contribution in [1.29, 1.82) is 0 Å². The molecule has 0 atom stereocenters. The van der Waals surface area contributed by atoms with Crippen molar-refractivity contribution in [3.63, 3.8) is 0 Å². The van der Waals surface area contributed by atoms with Gasteiger partial charge in [-0.2, -0.15) is 0 Å². The van der Waals surface area contributed by atoms with Gasteiger partial charge in [0.15, 0.2) is 0 Å². The van der Waals surface area contributed by atoms with E-state index in [1.165, 1.54) is 51.4 Å². The Morgan fingerprint density at radius 1 is 0.882 bits per heavy atom. The van der Waals surface area contributed by atoms with Crippen molar-refractivity contribution in [2.75, 3.05) is 6.54 Å². The van der Waals surface area contributed by atoms with Gasteiger partial charge in [0, 0.05) is 18.7 Å². The minimum atomic E-state index is 0.210. The zero-order valence-electron chi connectivity index (χ0n) is 11.9. The molecule has 0 saturated heterocycles. The van der Waals surface area contributed by atoms with Gasteiger partial charge in [-0.05, 0) is 20.3 Å². The molecule has 0 unspecified atom stereocenters. The van der Waals surface area contributed by atoms with Crippen LogP contribution in [0, 0.1) is 0 Å². The highest BCUT2D eigenvalue weighted by atomic mass is 16.1. The second kappa shape index (κ2) is 11.8. The molecule has 0 N–H and O–H groups in total. The summed E-state index contributed by atoms with van der Waals surface area (Å²) in [6, 6.07) is 0. The van der Waals surface area contributed by atoms with Gasteiger partial charge in [-0.25, -0.2) is 0 Å². The largest absolute Gasteiger partial charge is 0.300 e. The Hall–Kier alpha value is -0.660. The molecular weight excluding hydrogens is 210 g/mol. The lowest BCUT2D eigenvalue weighted by atomic mass is 10.1. The average Bonchev–Trinajstić information content (AvgIpc) is 2.26. The van der Waals surface area contributed by atoms with Gasteiger partial charge in [0.25, 0.3) is 0 Å². The van der Waals surface area contributed by atoms with Crippen LogP contribution in [0.15, 0.2) is 4.99 Å². The van der Waals surface area contributed by atoms with Gasteiger partial charge in [0.1, 0.15) is 5.78 Å². The Bertz CT molecular complexity index is 221. The summed E-state index contributed by atoms with van der Waals surface area (Å²) in [5, 5.41) is 0. The zero-order valence-corrected chi connectivity index (χ0v) is 11.9. The van der Waals surface area contributed by atoms with E-state index in [0.29, 0.717) is 6.42 Å². The van der Waals surface area contributed by atoms with E-state index in [1.807, 2.05) is 6.92 Å². The molecule has 0 aromatic rings. The molecule has 2 nitrogen and oxygen atoms in total. The molecule has 0 rings (SSSR count). The van der Waals surface area contributed by atoms with Crippen LogP contribution in [0.25, 0.3) is 0 Å². The summed E-state index contributed by atoms with van der Waals surface area (Å²) in [5.41, 5.74) is 0.987. The maximum atomic E-state index is 10.8. The number of ketones is 1. The second-order valence-corrected chi connectivity index (χ2v) is 4.97. The summed E-state index contributed by atoms with van der Waals surface area (Å²) in [6.07, 6.45) is 11.2. The van der Waals surface area contributed by atoms with E-state index in [1.54, 1.807) is 6.92 Å². The van der Waals surface area contributed by atoms with E-state index >= 15 is 0 Å². The lowest BCUT2D eigenvalue weighted by Gasteiger charge is -2.01. The fraction of sp³-hybridized carbons (Fsp3) is 0.867. The Labute approximate surface area is 107 Å². The molecule has 0 bridgehead atoms. The molecule has 0 amide bonds. The Kier molecular flexibility index (Phi) is 11.4. The van der Waals surface area contributed by atoms with Crippen LogP contribution in [0.3, 0.4) is 0 Å². The summed E-state index contributed by atoms with van der Waals surface area (Å²) in [5.74, 6) is 0.210. The summed E-state index contributed by atoms with van der Waals surface area (Å²) < 4.78 is 0. The van der Waals surface area contributed by atoms with Crippen molar-refractivity contribution < 1.29 is 4.79 Å². The molecule has 0 aromatic carbocycles. The lowest BCUT2D eigenvalue weighted by molar-refractivity contribution is -0.115. The summed E-state index contributed by atoms with van der Waals surface area (Å²) in [7, 11) is 0. The highest BCUT2D eigenvalue weighted by Crippen LogP contribution is 2.08. The van der Waals surface area contributed by atoms with Crippen LogP contribution in [0.4, 0.5) is 0 Å². The van der Waals surface area contributed by atoms with Crippen LogP contribution in [0.5, 0.6) is 0 Å². The van der Waals surface area contributed by atoms with Crippen molar-refractivity contribution in [1.82, 2.24) is 0 Å². The molecule has 17 heavy (non-hydrogen) atoms. The highest BCUT2D eigenvalue weighted by Gasteiger charge is 1.96. The van der Waals surface area contributed by atoms with E-state index in [-0.39, 0.29) is 5.78 Å². The first-order chi connectivity index (χ1) is 8.16. The molecule has 0 aliphatic heterocycles. The molecule has 0 spiro atoms. The fourth-order valence-corrected chi connectivity index (χ4v) is 1.93. The van der Waals surface area contributed by atoms with Crippen LogP contribution in [0.2, 0.25) is 0 Å². The number of nitrogens with zero attached hydrogens (tertiary/aromatic N) is 1. The molecule has 2 heteroatoms. The van der Waals surface area contributed by atoms with Gasteiger partial charge in [0.05, 0.1) is 0 Å². The van der Waals surface area contributed by atoms with E-state index < -0.39 is 0 Å². The van der Waals surface area contributed by atoms with Gasteiger partial charge in [-0.15, -0.1) is 0 Å². The molecule has 0 fully saturated rings. The number of aliphatic imine (C=N–C) groups is 1. The first kappa shape index (κ1) is 16.3. The van der Waals surface area contributed by atoms with Crippen molar-refractivity contribution >= 4 is 11.5 Å². The first-order valence-electron chi connectivity index (χ1n) is 7.16. The van der Waals surface area contributed by atoms with E-state index in [9.17, 15) is 4.79 Å². The van der Waals surface area contributed by atoms with Gasteiger partial charge in [-0.3, -0.25) is 9.79 Å². The summed E-state index contributed by atoms with van der Waals surface area (Å²) in [4.78, 5) is 15.2. The molecule has 0 saturated carbocycles. The van der Waals surface area contributed by atoms with Crippen LogP contribution in [-0.2, 0) is 4.79 Å². The summed E-state index contributed by atoms with van der Waals surface area (Å²) in [6.45, 7) is 6.72. The normalized spacial score (nSPS) is 11.8. The third-order valence-corrected chi connectivity index (χ3v) is 2.90. The quantitative estimate of drug-likeness (QED) is 0.383. The van der Waals surface area contributed by atoms with Gasteiger partial charge in [0.2, 0.25) is 0 Å². The van der Waals surface area contributed by atoms with E-state index in [0.717, 1.165) is 12.3 Å². The Balaban J connectivity index is 3.25. The fourth-order valence-electron chi connectivity index (χ4n) is 1.93. The monoisotopic (exact) mass is 239 g/mol. The third kappa shape index (κ3) is 13.3. The maximum Gasteiger partial charge on any atom is 0.135 e. The number of carbonyl (C=O) groups is 1. The highest BCUT2D eigenvalue weighted by molar-refractivity contribution is 5.99. The van der Waals surface area contributed by atoms with Crippen molar-refractivity contribution in [2.24, 2.45) is 4.99 Å². The number of hydrogen-bond acceptors (Lipinski definition) is 2. The number of unbranched alkanes of at least 4 members (excludes halogenated alkanes) is 7. The second-order valence-electron chi connectivity index (χ2n) is 4.97. The van der Waals surface area contributed by atoms with Crippen LogP contribution < -0.4 is 0 Å². The lowest BCUT2D eigenvalue weighted by Crippen LogP contribution is -2.00. The molecular formula is C15H29NO. The van der Waals surface area contributed by atoms with E-state index in [2.05, 4.69) is 11.9 Å². The van der Waals surface area contributed by atoms with Crippen molar-refractivity contribution in [2.45, 2.75) is 78.6 Å². The standard InChI is InChI=1S/C15H29NO/c1-4-5-6-7-8-9-10-11-12-16-14(2)13-15(3)17/h4-13H2,1-3H3. The van der Waals surface area contributed by atoms with Gasteiger partial charge in [-0.1, -0.05) is 51.9 Å². The SMILES string of the molecule is CCCCCCCCCCN=C(C)CC(C)=O. The Morgan fingerprint density at radius 3 is 1.94 bits per heavy atom. The number of Topliss-reactive ketones (excluding diaryl/α,β-unsaturated/α-hetero) is 1. The smallest absolute Gasteiger partial charge is 0.135 e.